The molecule has 2 heteroatoms. The van der Waals surface area contributed by atoms with Crippen molar-refractivity contribution in [1.82, 2.24) is 5.32 Å². The van der Waals surface area contributed by atoms with Gasteiger partial charge in [0, 0.05) is 0 Å². The Kier molecular flexibility index (Phi) is 3.77. The van der Waals surface area contributed by atoms with Gasteiger partial charge >= 0.3 is 0 Å². The predicted molar refractivity (Wildman–Crippen MR) is 49.8 cm³/mol. The standard InChI is InChI=1S/C10H15NO/c1-9(11-2)12-8-10-6-4-3-5-7-10/h3-7,9,11H,8H2,1-2H3. The molecule has 2 nitrogen and oxygen atoms in total. The third-order valence-electron chi connectivity index (χ3n) is 1.75. The van der Waals surface area contributed by atoms with E-state index in [1.165, 1.54) is 5.56 Å². The molecule has 66 valence electrons. The molecular formula is C10H15NO. The summed E-state index contributed by atoms with van der Waals surface area (Å²) in [4.78, 5) is 0. The molecule has 0 saturated carbocycles. The van der Waals surface area contributed by atoms with Gasteiger partial charge < -0.3 is 4.74 Å². The quantitative estimate of drug-likeness (QED) is 0.686. The Morgan fingerprint density at radius 3 is 2.58 bits per heavy atom. The molecule has 0 heterocycles. The number of rotatable bonds is 4. The van der Waals surface area contributed by atoms with Crippen LogP contribution in [0, 0.1) is 0 Å². The molecule has 0 fully saturated rings. The predicted octanol–water partition coefficient (Wildman–Crippen LogP) is 1.77. The van der Waals surface area contributed by atoms with Crippen molar-refractivity contribution in [2.24, 2.45) is 0 Å². The lowest BCUT2D eigenvalue weighted by Crippen LogP contribution is -2.24. The van der Waals surface area contributed by atoms with Gasteiger partial charge in [-0.15, -0.1) is 0 Å². The Morgan fingerprint density at radius 2 is 2.00 bits per heavy atom. The summed E-state index contributed by atoms with van der Waals surface area (Å²) in [6.07, 6.45) is 0.116. The van der Waals surface area contributed by atoms with Crippen molar-refractivity contribution in [2.45, 2.75) is 19.8 Å². The van der Waals surface area contributed by atoms with Crippen molar-refractivity contribution in [1.29, 1.82) is 0 Å². The highest BCUT2D eigenvalue weighted by molar-refractivity contribution is 5.13. The first-order valence-corrected chi connectivity index (χ1v) is 4.15. The second-order valence-corrected chi connectivity index (χ2v) is 2.73. The summed E-state index contributed by atoms with van der Waals surface area (Å²) in [6.45, 7) is 2.66. The Labute approximate surface area is 73.6 Å². The van der Waals surface area contributed by atoms with Gasteiger partial charge in [-0.1, -0.05) is 30.3 Å². The van der Waals surface area contributed by atoms with Crippen molar-refractivity contribution >= 4 is 0 Å². The van der Waals surface area contributed by atoms with Gasteiger partial charge in [0.15, 0.2) is 0 Å². The van der Waals surface area contributed by atoms with Crippen molar-refractivity contribution in [3.63, 3.8) is 0 Å². The zero-order valence-corrected chi connectivity index (χ0v) is 7.58. The monoisotopic (exact) mass is 165 g/mol. The van der Waals surface area contributed by atoms with E-state index in [2.05, 4.69) is 17.4 Å². The van der Waals surface area contributed by atoms with Gasteiger partial charge in [-0.3, -0.25) is 5.32 Å². The third kappa shape index (κ3) is 3.03. The molecule has 1 aromatic rings. The first-order chi connectivity index (χ1) is 5.83. The van der Waals surface area contributed by atoms with Crippen molar-refractivity contribution in [3.8, 4) is 0 Å². The molecule has 0 aliphatic heterocycles. The van der Waals surface area contributed by atoms with Crippen LogP contribution in [0.1, 0.15) is 12.5 Å². The highest BCUT2D eigenvalue weighted by Gasteiger charge is 1.96. The van der Waals surface area contributed by atoms with E-state index in [9.17, 15) is 0 Å². The Morgan fingerprint density at radius 1 is 1.33 bits per heavy atom. The van der Waals surface area contributed by atoms with Gasteiger partial charge in [0.1, 0.15) is 6.23 Å². The van der Waals surface area contributed by atoms with Crippen LogP contribution in [0.15, 0.2) is 30.3 Å². The van der Waals surface area contributed by atoms with E-state index in [0.717, 1.165) is 0 Å². The maximum Gasteiger partial charge on any atom is 0.105 e. The van der Waals surface area contributed by atoms with Crippen LogP contribution in [-0.2, 0) is 11.3 Å². The smallest absolute Gasteiger partial charge is 0.105 e. The first kappa shape index (κ1) is 9.23. The first-order valence-electron chi connectivity index (χ1n) is 4.15. The average Bonchev–Trinajstić information content (AvgIpc) is 2.16. The number of benzene rings is 1. The van der Waals surface area contributed by atoms with E-state index in [1.807, 2.05) is 32.2 Å². The minimum atomic E-state index is 0.116. The topological polar surface area (TPSA) is 21.3 Å². The van der Waals surface area contributed by atoms with Crippen LogP contribution >= 0.6 is 0 Å². The molecule has 0 saturated heterocycles. The second kappa shape index (κ2) is 4.91. The number of ether oxygens (including phenoxy) is 1. The maximum atomic E-state index is 5.47. The minimum Gasteiger partial charge on any atom is -0.359 e. The van der Waals surface area contributed by atoms with Gasteiger partial charge in [0.05, 0.1) is 6.61 Å². The van der Waals surface area contributed by atoms with E-state index in [4.69, 9.17) is 4.74 Å². The fourth-order valence-electron chi connectivity index (χ4n) is 0.879. The number of hydrogen-bond acceptors (Lipinski definition) is 2. The summed E-state index contributed by atoms with van der Waals surface area (Å²) in [7, 11) is 1.88. The van der Waals surface area contributed by atoms with E-state index in [-0.39, 0.29) is 6.23 Å². The SMILES string of the molecule is CNC(C)OCc1ccccc1. The average molecular weight is 165 g/mol. The molecule has 12 heavy (non-hydrogen) atoms. The van der Waals surface area contributed by atoms with Crippen LogP contribution in [0.5, 0.6) is 0 Å². The summed E-state index contributed by atoms with van der Waals surface area (Å²) in [6, 6.07) is 10.2. The van der Waals surface area contributed by atoms with Crippen molar-refractivity contribution in [3.05, 3.63) is 35.9 Å². The summed E-state index contributed by atoms with van der Waals surface area (Å²) in [5, 5.41) is 3.01. The highest BCUT2D eigenvalue weighted by Crippen LogP contribution is 2.01. The molecule has 0 bridgehead atoms. The molecular weight excluding hydrogens is 150 g/mol. The molecule has 1 unspecified atom stereocenters. The van der Waals surface area contributed by atoms with Crippen molar-refractivity contribution in [2.75, 3.05) is 7.05 Å². The Hall–Kier alpha value is -0.860. The van der Waals surface area contributed by atoms with E-state index in [0.29, 0.717) is 6.61 Å². The number of hydrogen-bond donors (Lipinski definition) is 1. The maximum absolute atomic E-state index is 5.47. The lowest BCUT2D eigenvalue weighted by molar-refractivity contribution is 0.0357. The van der Waals surface area contributed by atoms with E-state index < -0.39 is 0 Å². The number of nitrogens with one attached hydrogen (secondary N) is 1. The van der Waals surface area contributed by atoms with Gasteiger partial charge in [0.2, 0.25) is 0 Å². The zero-order valence-electron chi connectivity index (χ0n) is 7.58. The molecule has 1 aromatic carbocycles. The zero-order chi connectivity index (χ0) is 8.81. The molecule has 1 atom stereocenters. The van der Waals surface area contributed by atoms with Gasteiger partial charge in [-0.05, 0) is 19.5 Å². The molecule has 0 amide bonds. The molecule has 0 radical (unpaired) electrons. The van der Waals surface area contributed by atoms with Gasteiger partial charge in [-0.2, -0.15) is 0 Å². The molecule has 0 spiro atoms. The largest absolute Gasteiger partial charge is 0.359 e. The van der Waals surface area contributed by atoms with Crippen LogP contribution in [0.4, 0.5) is 0 Å². The van der Waals surface area contributed by atoms with Crippen LogP contribution in [0.2, 0.25) is 0 Å². The molecule has 0 aromatic heterocycles. The summed E-state index contributed by atoms with van der Waals surface area (Å²) < 4.78 is 5.47. The second-order valence-electron chi connectivity index (χ2n) is 2.73. The lowest BCUT2D eigenvalue weighted by Gasteiger charge is -2.11. The van der Waals surface area contributed by atoms with Crippen LogP contribution in [0.25, 0.3) is 0 Å². The molecule has 1 rings (SSSR count). The van der Waals surface area contributed by atoms with Crippen molar-refractivity contribution < 1.29 is 4.74 Å². The van der Waals surface area contributed by atoms with Crippen LogP contribution in [-0.4, -0.2) is 13.3 Å². The summed E-state index contributed by atoms with van der Waals surface area (Å²) >= 11 is 0. The highest BCUT2D eigenvalue weighted by atomic mass is 16.5. The lowest BCUT2D eigenvalue weighted by atomic mass is 10.2. The Bertz CT molecular complexity index is 210. The van der Waals surface area contributed by atoms with Crippen LogP contribution < -0.4 is 5.32 Å². The minimum absolute atomic E-state index is 0.116. The fraction of sp³-hybridized carbons (Fsp3) is 0.400. The molecule has 0 aliphatic rings. The summed E-state index contributed by atoms with van der Waals surface area (Å²) in [5.41, 5.74) is 1.21. The normalized spacial score (nSPS) is 12.8. The van der Waals surface area contributed by atoms with Gasteiger partial charge in [0.25, 0.3) is 0 Å². The molecule has 1 N–H and O–H groups in total. The fourth-order valence-corrected chi connectivity index (χ4v) is 0.879. The Balaban J connectivity index is 2.33. The summed E-state index contributed by atoms with van der Waals surface area (Å²) in [5.74, 6) is 0. The molecule has 0 aliphatic carbocycles. The van der Waals surface area contributed by atoms with E-state index >= 15 is 0 Å². The van der Waals surface area contributed by atoms with Crippen LogP contribution in [0.3, 0.4) is 0 Å². The van der Waals surface area contributed by atoms with Gasteiger partial charge in [-0.25, -0.2) is 0 Å². The van der Waals surface area contributed by atoms with E-state index in [1.54, 1.807) is 0 Å². The third-order valence-corrected chi connectivity index (χ3v) is 1.75.